The standard InChI is InChI=1S/C22H18FNO5/c1-12-16-10-15(23)7-8-18(16)29-21(12)22(26)27-11-20(25)24-13(2)19-9-14-5-3-4-6-17(14)28-19/h3-10,13H,11H2,1-2H3,(H,24,25)/t13-/m0/s1. The predicted octanol–water partition coefficient (Wildman–Crippen LogP) is 4.66. The van der Waals surface area contributed by atoms with Gasteiger partial charge in [0.25, 0.3) is 5.91 Å². The number of furan rings is 2. The molecule has 0 saturated heterocycles. The fourth-order valence-electron chi connectivity index (χ4n) is 3.15. The fourth-order valence-corrected chi connectivity index (χ4v) is 3.15. The van der Waals surface area contributed by atoms with E-state index in [-0.39, 0.29) is 5.76 Å². The number of carbonyl (C=O) groups is 2. The van der Waals surface area contributed by atoms with Gasteiger partial charge < -0.3 is 18.9 Å². The van der Waals surface area contributed by atoms with Gasteiger partial charge in [-0.05, 0) is 44.2 Å². The number of nitrogens with one attached hydrogen (secondary N) is 1. The Kier molecular flexibility index (Phi) is 4.80. The van der Waals surface area contributed by atoms with Crippen molar-refractivity contribution >= 4 is 33.8 Å². The van der Waals surface area contributed by atoms with Crippen LogP contribution < -0.4 is 5.32 Å². The zero-order valence-corrected chi connectivity index (χ0v) is 15.8. The van der Waals surface area contributed by atoms with Crippen molar-refractivity contribution in [1.82, 2.24) is 5.32 Å². The Bertz CT molecular complexity index is 1190. The number of benzene rings is 2. The third-order valence-electron chi connectivity index (χ3n) is 4.67. The summed E-state index contributed by atoms with van der Waals surface area (Å²) in [4.78, 5) is 24.5. The molecule has 2 heterocycles. The van der Waals surface area contributed by atoms with E-state index >= 15 is 0 Å². The van der Waals surface area contributed by atoms with Crippen LogP contribution in [0.25, 0.3) is 21.9 Å². The van der Waals surface area contributed by atoms with Crippen molar-refractivity contribution in [1.29, 1.82) is 0 Å². The zero-order chi connectivity index (χ0) is 20.5. The first-order chi connectivity index (χ1) is 13.9. The van der Waals surface area contributed by atoms with Gasteiger partial charge in [-0.2, -0.15) is 0 Å². The third-order valence-corrected chi connectivity index (χ3v) is 4.67. The molecule has 148 valence electrons. The first-order valence-electron chi connectivity index (χ1n) is 9.06. The lowest BCUT2D eigenvalue weighted by Gasteiger charge is -2.11. The predicted molar refractivity (Wildman–Crippen MR) is 104 cm³/mol. The van der Waals surface area contributed by atoms with Crippen molar-refractivity contribution in [2.45, 2.75) is 19.9 Å². The number of para-hydroxylation sites is 1. The largest absolute Gasteiger partial charge is 0.459 e. The molecule has 0 aliphatic carbocycles. The van der Waals surface area contributed by atoms with Gasteiger partial charge in [0.15, 0.2) is 6.61 Å². The van der Waals surface area contributed by atoms with E-state index in [1.165, 1.54) is 18.2 Å². The summed E-state index contributed by atoms with van der Waals surface area (Å²) in [6.45, 7) is 2.93. The van der Waals surface area contributed by atoms with Gasteiger partial charge in [0, 0.05) is 16.3 Å². The van der Waals surface area contributed by atoms with E-state index in [4.69, 9.17) is 13.6 Å². The van der Waals surface area contributed by atoms with Crippen molar-refractivity contribution in [3.05, 3.63) is 71.4 Å². The summed E-state index contributed by atoms with van der Waals surface area (Å²) in [6, 6.07) is 13.0. The topological polar surface area (TPSA) is 81.7 Å². The van der Waals surface area contributed by atoms with Crippen LogP contribution in [0.2, 0.25) is 0 Å². The number of halogens is 1. The molecular formula is C22H18FNO5. The van der Waals surface area contributed by atoms with Crippen molar-refractivity contribution in [2.24, 2.45) is 0 Å². The Labute approximate surface area is 165 Å². The van der Waals surface area contributed by atoms with Gasteiger partial charge >= 0.3 is 5.97 Å². The van der Waals surface area contributed by atoms with Gasteiger partial charge in [0.1, 0.15) is 22.7 Å². The highest BCUT2D eigenvalue weighted by Gasteiger charge is 2.21. The zero-order valence-electron chi connectivity index (χ0n) is 15.8. The van der Waals surface area contributed by atoms with Gasteiger partial charge in [-0.3, -0.25) is 4.79 Å². The van der Waals surface area contributed by atoms with Crippen LogP contribution in [0.3, 0.4) is 0 Å². The molecule has 0 bridgehead atoms. The molecule has 0 saturated carbocycles. The molecule has 0 aliphatic rings. The van der Waals surface area contributed by atoms with Crippen molar-refractivity contribution in [3.63, 3.8) is 0 Å². The minimum Gasteiger partial charge on any atom is -0.459 e. The molecule has 1 N–H and O–H groups in total. The normalized spacial score (nSPS) is 12.2. The average molecular weight is 395 g/mol. The van der Waals surface area contributed by atoms with Gasteiger partial charge in [-0.25, -0.2) is 9.18 Å². The van der Waals surface area contributed by atoms with Crippen molar-refractivity contribution in [3.8, 4) is 0 Å². The fraction of sp³-hybridized carbons (Fsp3) is 0.182. The van der Waals surface area contributed by atoms with Crippen LogP contribution in [0, 0.1) is 12.7 Å². The summed E-state index contributed by atoms with van der Waals surface area (Å²) in [5.74, 6) is -1.15. The van der Waals surface area contributed by atoms with E-state index < -0.39 is 30.3 Å². The Balaban J connectivity index is 1.39. The van der Waals surface area contributed by atoms with Crippen LogP contribution in [0.4, 0.5) is 4.39 Å². The first kappa shape index (κ1) is 18.7. The molecule has 29 heavy (non-hydrogen) atoms. The molecule has 0 spiro atoms. The highest BCUT2D eigenvalue weighted by Crippen LogP contribution is 2.27. The number of carbonyl (C=O) groups excluding carboxylic acids is 2. The van der Waals surface area contributed by atoms with Crippen LogP contribution in [0.15, 0.2) is 57.4 Å². The van der Waals surface area contributed by atoms with E-state index in [1.54, 1.807) is 13.8 Å². The van der Waals surface area contributed by atoms with Gasteiger partial charge in [-0.15, -0.1) is 0 Å². The number of fused-ring (bicyclic) bond motifs is 2. The van der Waals surface area contributed by atoms with Crippen LogP contribution >= 0.6 is 0 Å². The molecule has 1 amide bonds. The van der Waals surface area contributed by atoms with Crippen LogP contribution in [-0.2, 0) is 9.53 Å². The maximum absolute atomic E-state index is 13.4. The summed E-state index contributed by atoms with van der Waals surface area (Å²) in [5, 5.41) is 4.15. The Morgan fingerprint density at radius 2 is 1.90 bits per heavy atom. The molecule has 0 unspecified atom stereocenters. The smallest absolute Gasteiger partial charge is 0.375 e. The van der Waals surface area contributed by atoms with E-state index in [2.05, 4.69) is 5.32 Å². The number of hydrogen-bond acceptors (Lipinski definition) is 5. The summed E-state index contributed by atoms with van der Waals surface area (Å²) in [6.07, 6.45) is 0. The quantitative estimate of drug-likeness (QED) is 0.497. The first-order valence-corrected chi connectivity index (χ1v) is 9.06. The summed E-state index contributed by atoms with van der Waals surface area (Å²) >= 11 is 0. The number of aryl methyl sites for hydroxylation is 1. The third kappa shape index (κ3) is 3.71. The van der Waals surface area contributed by atoms with Crippen molar-refractivity contribution < 1.29 is 27.6 Å². The molecule has 6 nitrogen and oxygen atoms in total. The lowest BCUT2D eigenvalue weighted by Crippen LogP contribution is -2.31. The molecule has 4 aromatic rings. The van der Waals surface area contributed by atoms with E-state index in [0.717, 1.165) is 11.0 Å². The molecule has 2 aromatic heterocycles. The molecular weight excluding hydrogens is 377 g/mol. The van der Waals surface area contributed by atoms with Crippen LogP contribution in [0.1, 0.15) is 34.8 Å². The van der Waals surface area contributed by atoms with Crippen LogP contribution in [-0.4, -0.2) is 18.5 Å². The lowest BCUT2D eigenvalue weighted by molar-refractivity contribution is -0.125. The monoisotopic (exact) mass is 395 g/mol. The second-order valence-corrected chi connectivity index (χ2v) is 6.75. The molecule has 0 fully saturated rings. The highest BCUT2D eigenvalue weighted by atomic mass is 19.1. The van der Waals surface area contributed by atoms with Gasteiger partial charge in [-0.1, -0.05) is 18.2 Å². The number of amides is 1. The van der Waals surface area contributed by atoms with E-state index in [1.807, 2.05) is 30.3 Å². The maximum atomic E-state index is 13.4. The second kappa shape index (κ2) is 7.43. The van der Waals surface area contributed by atoms with Gasteiger partial charge in [0.05, 0.1) is 6.04 Å². The summed E-state index contributed by atoms with van der Waals surface area (Å²) in [5.41, 5.74) is 1.56. The lowest BCUT2D eigenvalue weighted by atomic mass is 10.1. The Morgan fingerprint density at radius 1 is 1.10 bits per heavy atom. The summed E-state index contributed by atoms with van der Waals surface area (Å²) in [7, 11) is 0. The number of rotatable bonds is 5. The minimum atomic E-state index is -0.786. The SMILES string of the molecule is Cc1c(C(=O)OCC(=O)N[C@@H](C)c2cc3ccccc3o2)oc2ccc(F)cc12. The van der Waals surface area contributed by atoms with Crippen LogP contribution in [0.5, 0.6) is 0 Å². The Hall–Kier alpha value is -3.61. The minimum absolute atomic E-state index is 0.0521. The molecule has 2 aromatic carbocycles. The molecule has 7 heteroatoms. The van der Waals surface area contributed by atoms with E-state index in [9.17, 15) is 14.0 Å². The number of esters is 1. The molecule has 4 rings (SSSR count). The number of ether oxygens (including phenoxy) is 1. The highest BCUT2D eigenvalue weighted by molar-refractivity contribution is 5.96. The molecule has 0 radical (unpaired) electrons. The molecule has 1 atom stereocenters. The Morgan fingerprint density at radius 3 is 2.69 bits per heavy atom. The van der Waals surface area contributed by atoms with Gasteiger partial charge in [0.2, 0.25) is 5.76 Å². The summed E-state index contributed by atoms with van der Waals surface area (Å²) < 4.78 is 29.6. The maximum Gasteiger partial charge on any atom is 0.375 e. The van der Waals surface area contributed by atoms with Crippen molar-refractivity contribution in [2.75, 3.05) is 6.61 Å². The molecule has 0 aliphatic heterocycles. The number of hydrogen-bond donors (Lipinski definition) is 1. The average Bonchev–Trinajstić information content (AvgIpc) is 3.28. The van der Waals surface area contributed by atoms with E-state index in [0.29, 0.717) is 22.3 Å². The second-order valence-electron chi connectivity index (χ2n) is 6.75.